The third-order valence-corrected chi connectivity index (χ3v) is 3.23. The van der Waals surface area contributed by atoms with E-state index in [4.69, 9.17) is 23.2 Å². The fourth-order valence-electron chi connectivity index (χ4n) is 1.75. The maximum Gasteiger partial charge on any atom is 0.0424 e. The largest absolute Gasteiger partial charge is 0.314 e. The van der Waals surface area contributed by atoms with E-state index in [1.165, 1.54) is 12.8 Å². The summed E-state index contributed by atoms with van der Waals surface area (Å²) in [4.78, 5) is 0. The summed E-state index contributed by atoms with van der Waals surface area (Å²) in [6, 6.07) is 6.46. The SMILES string of the molecule is Clc1cc(Cl)cc(CNCCCNC2CC2)c1. The lowest BCUT2D eigenvalue weighted by atomic mass is 10.2. The molecule has 1 aliphatic carbocycles. The topological polar surface area (TPSA) is 24.1 Å². The molecule has 4 heteroatoms. The third-order valence-electron chi connectivity index (χ3n) is 2.79. The molecule has 2 rings (SSSR count). The maximum absolute atomic E-state index is 5.93. The molecule has 1 fully saturated rings. The van der Waals surface area contributed by atoms with Gasteiger partial charge in [0, 0.05) is 22.6 Å². The van der Waals surface area contributed by atoms with E-state index in [0.29, 0.717) is 10.0 Å². The van der Waals surface area contributed by atoms with E-state index in [-0.39, 0.29) is 0 Å². The highest BCUT2D eigenvalue weighted by atomic mass is 35.5. The zero-order chi connectivity index (χ0) is 12.1. The summed E-state index contributed by atoms with van der Waals surface area (Å²) in [5.74, 6) is 0. The van der Waals surface area contributed by atoms with Crippen molar-refractivity contribution in [3.8, 4) is 0 Å². The molecule has 1 aliphatic rings. The molecule has 0 radical (unpaired) electrons. The summed E-state index contributed by atoms with van der Waals surface area (Å²) in [6.07, 6.45) is 3.87. The number of rotatable bonds is 7. The Morgan fingerprint density at radius 1 is 1.06 bits per heavy atom. The van der Waals surface area contributed by atoms with Gasteiger partial charge in [0.25, 0.3) is 0 Å². The number of hydrogen-bond acceptors (Lipinski definition) is 2. The number of benzene rings is 1. The van der Waals surface area contributed by atoms with Gasteiger partial charge >= 0.3 is 0 Å². The van der Waals surface area contributed by atoms with E-state index in [2.05, 4.69) is 10.6 Å². The first-order valence-electron chi connectivity index (χ1n) is 6.13. The van der Waals surface area contributed by atoms with Crippen LogP contribution < -0.4 is 10.6 Å². The normalized spacial score (nSPS) is 15.2. The second kappa shape index (κ2) is 6.60. The van der Waals surface area contributed by atoms with Crippen molar-refractivity contribution in [1.29, 1.82) is 0 Å². The van der Waals surface area contributed by atoms with Gasteiger partial charge in [-0.3, -0.25) is 0 Å². The molecule has 17 heavy (non-hydrogen) atoms. The minimum Gasteiger partial charge on any atom is -0.314 e. The summed E-state index contributed by atoms with van der Waals surface area (Å²) in [6.45, 7) is 2.95. The molecule has 0 aliphatic heterocycles. The van der Waals surface area contributed by atoms with Crippen molar-refractivity contribution in [1.82, 2.24) is 10.6 Å². The van der Waals surface area contributed by atoms with Crippen molar-refractivity contribution in [2.75, 3.05) is 13.1 Å². The first kappa shape index (κ1) is 13.2. The smallest absolute Gasteiger partial charge is 0.0424 e. The first-order chi connectivity index (χ1) is 8.24. The van der Waals surface area contributed by atoms with Gasteiger partial charge in [-0.2, -0.15) is 0 Å². The van der Waals surface area contributed by atoms with Gasteiger partial charge in [-0.15, -0.1) is 0 Å². The van der Waals surface area contributed by atoms with E-state index in [1.54, 1.807) is 6.07 Å². The molecule has 2 nitrogen and oxygen atoms in total. The van der Waals surface area contributed by atoms with Crippen LogP contribution in [0.1, 0.15) is 24.8 Å². The Labute approximate surface area is 113 Å². The zero-order valence-corrected chi connectivity index (χ0v) is 11.3. The second-order valence-corrected chi connectivity index (χ2v) is 5.41. The molecular formula is C13H18Cl2N2. The molecule has 1 saturated carbocycles. The third kappa shape index (κ3) is 5.26. The predicted octanol–water partition coefficient (Wildman–Crippen LogP) is 3.23. The van der Waals surface area contributed by atoms with Gasteiger partial charge in [0.05, 0.1) is 0 Å². The van der Waals surface area contributed by atoms with Gasteiger partial charge in [-0.25, -0.2) is 0 Å². The van der Waals surface area contributed by atoms with Gasteiger partial charge in [-0.05, 0) is 56.1 Å². The van der Waals surface area contributed by atoms with Crippen LogP contribution in [0.4, 0.5) is 0 Å². The molecule has 0 amide bonds. The summed E-state index contributed by atoms with van der Waals surface area (Å²) < 4.78 is 0. The predicted molar refractivity (Wildman–Crippen MR) is 73.8 cm³/mol. The van der Waals surface area contributed by atoms with E-state index in [1.807, 2.05) is 12.1 Å². The highest BCUT2D eigenvalue weighted by Crippen LogP contribution is 2.19. The van der Waals surface area contributed by atoms with E-state index in [9.17, 15) is 0 Å². The van der Waals surface area contributed by atoms with Gasteiger partial charge < -0.3 is 10.6 Å². The minimum absolute atomic E-state index is 0.699. The van der Waals surface area contributed by atoms with Crippen LogP contribution in [0.3, 0.4) is 0 Å². The summed E-state index contributed by atoms with van der Waals surface area (Å²) in [5, 5.41) is 8.28. The van der Waals surface area contributed by atoms with Crippen LogP contribution in [-0.4, -0.2) is 19.1 Å². The summed E-state index contributed by atoms with van der Waals surface area (Å²) in [7, 11) is 0. The molecule has 0 saturated heterocycles. The molecule has 0 aromatic heterocycles. The maximum atomic E-state index is 5.93. The molecular weight excluding hydrogens is 255 g/mol. The first-order valence-corrected chi connectivity index (χ1v) is 6.89. The average Bonchev–Trinajstić information content (AvgIpc) is 3.05. The lowest BCUT2D eigenvalue weighted by Gasteiger charge is -2.06. The molecule has 0 bridgehead atoms. The van der Waals surface area contributed by atoms with Crippen LogP contribution in [0.15, 0.2) is 18.2 Å². The highest BCUT2D eigenvalue weighted by molar-refractivity contribution is 6.34. The molecule has 1 aromatic carbocycles. The molecule has 2 N–H and O–H groups in total. The van der Waals surface area contributed by atoms with Crippen molar-refractivity contribution in [2.24, 2.45) is 0 Å². The van der Waals surface area contributed by atoms with Crippen LogP contribution >= 0.6 is 23.2 Å². The molecule has 0 unspecified atom stereocenters. The Kier molecular flexibility index (Phi) is 5.11. The van der Waals surface area contributed by atoms with Crippen LogP contribution in [0.2, 0.25) is 10.0 Å². The van der Waals surface area contributed by atoms with Gasteiger partial charge in [-0.1, -0.05) is 23.2 Å². The van der Waals surface area contributed by atoms with Crippen molar-refractivity contribution in [3.63, 3.8) is 0 Å². The number of halogens is 2. The zero-order valence-electron chi connectivity index (χ0n) is 9.81. The Bertz CT molecular complexity index is 344. The van der Waals surface area contributed by atoms with E-state index in [0.717, 1.165) is 37.7 Å². The minimum atomic E-state index is 0.699. The average molecular weight is 273 g/mol. The molecule has 1 aromatic rings. The second-order valence-electron chi connectivity index (χ2n) is 4.54. The Hall–Kier alpha value is -0.280. The molecule has 0 spiro atoms. The van der Waals surface area contributed by atoms with Crippen LogP contribution in [0.5, 0.6) is 0 Å². The molecule has 0 heterocycles. The summed E-state index contributed by atoms with van der Waals surface area (Å²) in [5.41, 5.74) is 1.14. The van der Waals surface area contributed by atoms with Crippen molar-refractivity contribution >= 4 is 23.2 Å². The number of hydrogen-bond donors (Lipinski definition) is 2. The molecule has 0 atom stereocenters. The lowest BCUT2D eigenvalue weighted by Crippen LogP contribution is -2.23. The fraction of sp³-hybridized carbons (Fsp3) is 0.538. The van der Waals surface area contributed by atoms with Crippen LogP contribution in [0, 0.1) is 0 Å². The van der Waals surface area contributed by atoms with Crippen molar-refractivity contribution in [3.05, 3.63) is 33.8 Å². The van der Waals surface area contributed by atoms with Gasteiger partial charge in [0.15, 0.2) is 0 Å². The highest BCUT2D eigenvalue weighted by Gasteiger charge is 2.19. The van der Waals surface area contributed by atoms with Crippen molar-refractivity contribution in [2.45, 2.75) is 31.8 Å². The standard InChI is InChI=1S/C13H18Cl2N2/c14-11-6-10(7-12(15)8-11)9-16-4-1-5-17-13-2-3-13/h6-8,13,16-17H,1-5,9H2. The van der Waals surface area contributed by atoms with Gasteiger partial charge in [0.2, 0.25) is 0 Å². The fourth-order valence-corrected chi connectivity index (χ4v) is 2.32. The van der Waals surface area contributed by atoms with E-state index >= 15 is 0 Å². The lowest BCUT2D eigenvalue weighted by molar-refractivity contribution is 0.593. The number of nitrogens with one attached hydrogen (secondary N) is 2. The molecule has 94 valence electrons. The van der Waals surface area contributed by atoms with E-state index < -0.39 is 0 Å². The Morgan fingerprint density at radius 2 is 1.76 bits per heavy atom. The van der Waals surface area contributed by atoms with Gasteiger partial charge in [0.1, 0.15) is 0 Å². The van der Waals surface area contributed by atoms with Crippen LogP contribution in [0.25, 0.3) is 0 Å². The summed E-state index contributed by atoms with van der Waals surface area (Å²) >= 11 is 11.9. The quantitative estimate of drug-likeness (QED) is 0.745. The Morgan fingerprint density at radius 3 is 2.41 bits per heavy atom. The monoisotopic (exact) mass is 272 g/mol. The van der Waals surface area contributed by atoms with Crippen molar-refractivity contribution < 1.29 is 0 Å². The Balaban J connectivity index is 1.59. The van der Waals surface area contributed by atoms with Crippen LogP contribution in [-0.2, 0) is 6.54 Å².